The van der Waals surface area contributed by atoms with Crippen molar-refractivity contribution in [3.8, 4) is 0 Å². The maximum atomic E-state index is 13.2. The number of anilines is 1. The largest absolute Gasteiger partial charge is 0.399 e. The molecule has 0 spiro atoms. The Morgan fingerprint density at radius 1 is 1.20 bits per heavy atom. The lowest BCUT2D eigenvalue weighted by Gasteiger charge is -2.02. The molecule has 2 aromatic rings. The Labute approximate surface area is 121 Å². The average Bonchev–Trinajstić information content (AvgIpc) is 2.43. The van der Waals surface area contributed by atoms with Crippen LogP contribution in [0, 0.1) is 5.82 Å². The fraction of sp³-hybridized carbons (Fsp3) is 0.0625. The van der Waals surface area contributed by atoms with E-state index in [1.165, 1.54) is 18.2 Å². The first-order valence-electron chi connectivity index (χ1n) is 6.05. The monoisotopic (exact) mass is 289 g/mol. The van der Waals surface area contributed by atoms with Crippen LogP contribution in [-0.4, -0.2) is 5.78 Å². The molecule has 4 heteroatoms. The molecule has 0 saturated heterocycles. The molecule has 0 radical (unpaired) electrons. The SMILES string of the molecule is Nc1ccc(/C=C/C(=O)Cc2cccc(F)c2Cl)cc1. The standard InChI is InChI=1S/C16H13ClFNO/c17-16-12(2-1-3-15(16)18)10-14(20)9-6-11-4-7-13(19)8-5-11/h1-9H,10,19H2/b9-6+. The number of rotatable bonds is 4. The number of halogens is 2. The van der Waals surface area contributed by atoms with Crippen LogP contribution in [0.1, 0.15) is 11.1 Å². The highest BCUT2D eigenvalue weighted by atomic mass is 35.5. The third kappa shape index (κ3) is 3.68. The van der Waals surface area contributed by atoms with Gasteiger partial charge in [-0.2, -0.15) is 0 Å². The Bertz CT molecular complexity index is 650. The predicted octanol–water partition coefficient (Wildman–Crippen LogP) is 3.89. The van der Waals surface area contributed by atoms with Gasteiger partial charge in [0, 0.05) is 12.1 Å². The van der Waals surface area contributed by atoms with Gasteiger partial charge in [-0.25, -0.2) is 4.39 Å². The van der Waals surface area contributed by atoms with Crippen LogP contribution in [-0.2, 0) is 11.2 Å². The third-order valence-corrected chi connectivity index (χ3v) is 3.22. The van der Waals surface area contributed by atoms with Gasteiger partial charge >= 0.3 is 0 Å². The number of ketones is 1. The van der Waals surface area contributed by atoms with Crippen molar-refractivity contribution in [1.29, 1.82) is 0 Å². The van der Waals surface area contributed by atoms with E-state index in [9.17, 15) is 9.18 Å². The Morgan fingerprint density at radius 3 is 2.60 bits per heavy atom. The molecule has 0 bridgehead atoms. The second-order valence-corrected chi connectivity index (χ2v) is 4.73. The fourth-order valence-electron chi connectivity index (χ4n) is 1.73. The lowest BCUT2D eigenvalue weighted by atomic mass is 10.1. The maximum absolute atomic E-state index is 13.2. The van der Waals surface area contributed by atoms with Gasteiger partial charge in [-0.05, 0) is 35.4 Å². The highest BCUT2D eigenvalue weighted by molar-refractivity contribution is 6.31. The molecule has 0 heterocycles. The number of benzene rings is 2. The number of allylic oxidation sites excluding steroid dienone is 1. The van der Waals surface area contributed by atoms with Crippen molar-refractivity contribution >= 4 is 29.1 Å². The lowest BCUT2D eigenvalue weighted by molar-refractivity contribution is -0.113. The minimum absolute atomic E-state index is 0.00161. The van der Waals surface area contributed by atoms with Crippen molar-refractivity contribution in [1.82, 2.24) is 0 Å². The molecule has 0 amide bonds. The Balaban J connectivity index is 2.05. The first kappa shape index (κ1) is 14.3. The Kier molecular flexibility index (Phi) is 4.53. The zero-order valence-electron chi connectivity index (χ0n) is 10.6. The molecule has 2 nitrogen and oxygen atoms in total. The quantitative estimate of drug-likeness (QED) is 0.685. The molecular formula is C16H13ClFNO. The molecule has 102 valence electrons. The molecule has 0 atom stereocenters. The molecule has 2 aromatic carbocycles. The van der Waals surface area contributed by atoms with E-state index in [2.05, 4.69) is 0 Å². The number of carbonyl (C=O) groups excluding carboxylic acids is 1. The molecule has 20 heavy (non-hydrogen) atoms. The van der Waals surface area contributed by atoms with Crippen molar-refractivity contribution in [2.45, 2.75) is 6.42 Å². The number of nitrogen functional groups attached to an aromatic ring is 1. The molecule has 0 aliphatic heterocycles. The van der Waals surface area contributed by atoms with Gasteiger partial charge < -0.3 is 5.73 Å². The first-order chi connectivity index (χ1) is 9.56. The van der Waals surface area contributed by atoms with Crippen LogP contribution in [0.5, 0.6) is 0 Å². The van der Waals surface area contributed by atoms with Crippen molar-refractivity contribution in [3.63, 3.8) is 0 Å². The zero-order valence-corrected chi connectivity index (χ0v) is 11.4. The van der Waals surface area contributed by atoms with E-state index in [4.69, 9.17) is 17.3 Å². The summed E-state index contributed by atoms with van der Waals surface area (Å²) < 4.78 is 13.2. The molecule has 2 N–H and O–H groups in total. The third-order valence-electron chi connectivity index (χ3n) is 2.79. The van der Waals surface area contributed by atoms with Crippen molar-refractivity contribution in [3.05, 3.63) is 70.5 Å². The van der Waals surface area contributed by atoms with E-state index in [1.54, 1.807) is 24.3 Å². The van der Waals surface area contributed by atoms with Crippen LogP contribution in [0.25, 0.3) is 6.08 Å². The van der Waals surface area contributed by atoms with E-state index in [0.717, 1.165) is 5.56 Å². The Morgan fingerprint density at radius 2 is 1.90 bits per heavy atom. The van der Waals surface area contributed by atoms with Gasteiger partial charge in [0.1, 0.15) is 5.82 Å². The van der Waals surface area contributed by atoms with Crippen LogP contribution in [0.4, 0.5) is 10.1 Å². The zero-order chi connectivity index (χ0) is 14.5. The topological polar surface area (TPSA) is 43.1 Å². The van der Waals surface area contributed by atoms with E-state index in [0.29, 0.717) is 11.3 Å². The van der Waals surface area contributed by atoms with E-state index in [-0.39, 0.29) is 17.2 Å². The number of nitrogens with two attached hydrogens (primary N) is 1. The van der Waals surface area contributed by atoms with E-state index < -0.39 is 5.82 Å². The molecule has 0 fully saturated rings. The van der Waals surface area contributed by atoms with Gasteiger partial charge in [0.2, 0.25) is 0 Å². The summed E-state index contributed by atoms with van der Waals surface area (Å²) in [6.07, 6.45) is 3.21. The van der Waals surface area contributed by atoms with Gasteiger partial charge in [-0.15, -0.1) is 0 Å². The predicted molar refractivity (Wildman–Crippen MR) is 80.0 cm³/mol. The van der Waals surface area contributed by atoms with Crippen LogP contribution in [0.3, 0.4) is 0 Å². The van der Waals surface area contributed by atoms with Gasteiger partial charge in [0.15, 0.2) is 5.78 Å². The molecule has 2 rings (SSSR count). The van der Waals surface area contributed by atoms with Crippen molar-refractivity contribution < 1.29 is 9.18 Å². The molecule has 0 unspecified atom stereocenters. The van der Waals surface area contributed by atoms with Crippen LogP contribution < -0.4 is 5.73 Å². The number of hydrogen-bond donors (Lipinski definition) is 1. The minimum Gasteiger partial charge on any atom is -0.399 e. The number of carbonyl (C=O) groups is 1. The smallest absolute Gasteiger partial charge is 0.160 e. The summed E-state index contributed by atoms with van der Waals surface area (Å²) in [5.74, 6) is -0.659. The lowest BCUT2D eigenvalue weighted by Crippen LogP contribution is -2.00. The minimum atomic E-state index is -0.514. The van der Waals surface area contributed by atoms with Crippen LogP contribution >= 0.6 is 11.6 Å². The normalized spacial score (nSPS) is 10.9. The highest BCUT2D eigenvalue weighted by Gasteiger charge is 2.08. The molecule has 0 aliphatic carbocycles. The highest BCUT2D eigenvalue weighted by Crippen LogP contribution is 2.20. The van der Waals surface area contributed by atoms with Crippen molar-refractivity contribution in [2.75, 3.05) is 5.73 Å². The Hall–Kier alpha value is -2.13. The second-order valence-electron chi connectivity index (χ2n) is 4.36. The second kappa shape index (κ2) is 6.35. The summed E-state index contributed by atoms with van der Waals surface area (Å²) in [5, 5.41) is 0.00161. The van der Waals surface area contributed by atoms with Gasteiger partial charge in [-0.3, -0.25) is 4.79 Å². The molecule has 0 aromatic heterocycles. The first-order valence-corrected chi connectivity index (χ1v) is 6.43. The molecule has 0 saturated carbocycles. The van der Waals surface area contributed by atoms with E-state index in [1.807, 2.05) is 12.1 Å². The van der Waals surface area contributed by atoms with Gasteiger partial charge in [0.25, 0.3) is 0 Å². The summed E-state index contributed by atoms with van der Waals surface area (Å²) in [7, 11) is 0. The van der Waals surface area contributed by atoms with Crippen molar-refractivity contribution in [2.24, 2.45) is 0 Å². The van der Waals surface area contributed by atoms with E-state index >= 15 is 0 Å². The van der Waals surface area contributed by atoms with Gasteiger partial charge in [0.05, 0.1) is 5.02 Å². The summed E-state index contributed by atoms with van der Waals surface area (Å²) in [5.41, 5.74) is 7.60. The summed E-state index contributed by atoms with van der Waals surface area (Å²) in [4.78, 5) is 11.8. The van der Waals surface area contributed by atoms with Crippen LogP contribution in [0.2, 0.25) is 5.02 Å². The van der Waals surface area contributed by atoms with Crippen LogP contribution in [0.15, 0.2) is 48.5 Å². The number of hydrogen-bond acceptors (Lipinski definition) is 2. The summed E-state index contributed by atoms with van der Waals surface area (Å²) in [6, 6.07) is 11.6. The summed E-state index contributed by atoms with van der Waals surface area (Å²) >= 11 is 5.81. The molecular weight excluding hydrogens is 277 g/mol. The average molecular weight is 290 g/mol. The maximum Gasteiger partial charge on any atom is 0.160 e. The fourth-order valence-corrected chi connectivity index (χ4v) is 1.92. The summed E-state index contributed by atoms with van der Waals surface area (Å²) in [6.45, 7) is 0. The van der Waals surface area contributed by atoms with Gasteiger partial charge in [-0.1, -0.05) is 41.9 Å². The molecule has 0 aliphatic rings.